The normalized spacial score (nSPS) is 3.86. The second-order valence-corrected chi connectivity index (χ2v) is 3.46. The van der Waals surface area contributed by atoms with Gasteiger partial charge in [0.2, 0.25) is 0 Å². The van der Waals surface area contributed by atoms with Crippen molar-refractivity contribution >= 4 is 87.9 Å². The Kier molecular flexibility index (Phi) is 1190. The Morgan fingerprint density at radius 3 is 0.0595 bits per heavy atom. The van der Waals surface area contributed by atoms with Crippen LogP contribution in [0.4, 0.5) is 0 Å². The molecule has 0 radical (unpaired) electrons. The van der Waals surface area contributed by atoms with Gasteiger partial charge in [0.25, 0.3) is 0 Å². The third-order valence-corrected chi connectivity index (χ3v) is 0. The molecule has 84 heavy (non-hydrogen) atoms. The average Bonchev–Trinajstić information content (AvgIpc) is 2.61. The smallest absolute Gasteiger partial charge is 0.907 e. The van der Waals surface area contributed by atoms with Gasteiger partial charge in [-0.15, -0.1) is 0 Å². The van der Waals surface area contributed by atoms with E-state index in [1.54, 1.807) is 0 Å². The third kappa shape index (κ3) is 802. The first-order valence-corrected chi connectivity index (χ1v) is 8.49. The zero-order valence-electron chi connectivity index (χ0n) is 57.6. The molecule has 0 spiro atoms. The van der Waals surface area contributed by atoms with E-state index < -0.39 is 87.9 Å². The molecule has 288 valence electrons. The van der Waals surface area contributed by atoms with Crippen molar-refractivity contribution in [2.45, 2.75) is 0 Å². The van der Waals surface area contributed by atoms with Crippen LogP contribution in [-0.4, -0.2) is 87.9 Å². The Morgan fingerprint density at radius 1 is 0.0595 bits per heavy atom. The maximum absolute atomic E-state index is 8.42. The van der Waals surface area contributed by atoms with Crippen LogP contribution in [0.15, 0.2) is 0 Å². The SMILES string of the molecule is [K+].[K+].[K+].[K+].[K+].[K+].[K+].[K+].[K+].[K+].[K+].[K+].[K+].[K+].[K+].[K+].[K+].[K+].[K+].[K+].[K+].[K+].[K+].[K+].[K+].[K+].[K+].[K+].[K+].[K+].[K+].[K+].[K+].[K+].[K+].[K+].[O-]B([O-])[O-].[O-]B([O-])[O-].[O-]B([O-])[O-].[O-]B([O-])[O-].[O-]B([O-])[O-].[O-]B([O-])[O-].[O-]B([O-])[O-].[O-]B([O-])[O-].[O-]B([O-])[O-].[O-]B([O-])[O-].[O-]B([O-])[O-].[O-]B([O-])[O-]. The maximum atomic E-state index is 8.42. The summed E-state index contributed by atoms with van der Waals surface area (Å²) in [7, 11) is -35.0. The van der Waals surface area contributed by atoms with Crippen LogP contribution in [0.1, 0.15) is 0 Å². The molecular formula is B12K36O36. The van der Waals surface area contributed by atoms with Gasteiger partial charge in [-0.25, -0.2) is 0 Å². The van der Waals surface area contributed by atoms with E-state index in [1.807, 2.05) is 0 Å². The summed E-state index contributed by atoms with van der Waals surface area (Å²) in [6, 6.07) is 0. The minimum Gasteiger partial charge on any atom is -0.907 e. The Labute approximate surface area is 2030 Å². The molecule has 0 N–H and O–H groups in total. The molecule has 0 atom stereocenters. The fraction of sp³-hybridized carbons (Fsp3) is 0. The third-order valence-electron chi connectivity index (χ3n) is 0. The van der Waals surface area contributed by atoms with Crippen molar-refractivity contribution in [2.24, 2.45) is 0 Å². The Balaban J connectivity index is -0.00000000352. The largest absolute Gasteiger partial charge is 1.00 e. The molecule has 84 heteroatoms. The van der Waals surface area contributed by atoms with E-state index in [-0.39, 0.29) is 1850 Å². The van der Waals surface area contributed by atoms with Crippen molar-refractivity contribution in [3.63, 3.8) is 0 Å². The maximum Gasteiger partial charge on any atom is 1.00 e. The molecule has 0 unspecified atom stereocenters. The van der Waals surface area contributed by atoms with Gasteiger partial charge in [-0.3, -0.25) is 87.9 Å². The minimum absolute atomic E-state index is 0. The van der Waals surface area contributed by atoms with Crippen molar-refractivity contribution in [3.8, 4) is 0 Å². The van der Waals surface area contributed by atoms with Gasteiger partial charge < -0.3 is 181 Å². The van der Waals surface area contributed by atoms with Crippen molar-refractivity contribution < 1.29 is 2030 Å². The molecule has 0 aliphatic rings. The predicted molar refractivity (Wildman–Crippen MR) is 69.0 cm³/mol. The number of rotatable bonds is 0. The molecule has 0 aromatic heterocycles. The summed E-state index contributed by atoms with van der Waals surface area (Å²) in [6.07, 6.45) is 0. The average molecular weight is 2110 g/mol. The van der Waals surface area contributed by atoms with Crippen LogP contribution in [0.25, 0.3) is 0 Å². The minimum atomic E-state index is -2.92. The summed E-state index contributed by atoms with van der Waals surface area (Å²) >= 11 is 0. The van der Waals surface area contributed by atoms with E-state index in [2.05, 4.69) is 0 Å². The first-order chi connectivity index (χ1) is 20.8. The molecule has 36 nitrogen and oxygen atoms in total. The van der Waals surface area contributed by atoms with Crippen molar-refractivity contribution in [2.75, 3.05) is 0 Å². The van der Waals surface area contributed by atoms with Crippen LogP contribution < -0.4 is 2030 Å². The second-order valence-electron chi connectivity index (χ2n) is 3.46. The van der Waals surface area contributed by atoms with E-state index in [0.29, 0.717) is 0 Å². The molecule has 0 bridgehead atoms. The molecule has 0 heterocycles. The van der Waals surface area contributed by atoms with Crippen LogP contribution >= 0.6 is 0 Å². The summed E-state index contributed by atoms with van der Waals surface area (Å²) in [4.78, 5) is 0. The van der Waals surface area contributed by atoms with Crippen LogP contribution in [0.5, 0.6) is 0 Å². The predicted octanol–water partition coefficient (Wildman–Crippen LogP) is -155. The molecule has 0 saturated carbocycles. The van der Waals surface area contributed by atoms with Crippen molar-refractivity contribution in [1.29, 1.82) is 0 Å². The van der Waals surface area contributed by atoms with Gasteiger partial charge in [0.15, 0.2) is 0 Å². The van der Waals surface area contributed by atoms with E-state index in [9.17, 15) is 0 Å². The standard InChI is InChI=1S/12BO3.36K/c12*2-1(3)4;;;;;;;;;;;;;;;;;;;;;;;;;;;;;;;;;;;;/q12*-3;36*+1. The molecule has 0 aliphatic heterocycles. The van der Waals surface area contributed by atoms with E-state index in [0.717, 1.165) is 0 Å². The summed E-state index contributed by atoms with van der Waals surface area (Å²) in [5, 5.41) is 303. The van der Waals surface area contributed by atoms with Crippen LogP contribution in [0.3, 0.4) is 0 Å². The Bertz CT molecular complexity index is 308. The fourth-order valence-corrected chi connectivity index (χ4v) is 0. The summed E-state index contributed by atoms with van der Waals surface area (Å²) in [6.45, 7) is 0. The zero-order chi connectivity index (χ0) is 42.9. The molecule has 0 aromatic rings. The van der Waals surface area contributed by atoms with Crippen molar-refractivity contribution in [3.05, 3.63) is 0 Å². The van der Waals surface area contributed by atoms with Gasteiger partial charge in [0.1, 0.15) is 0 Å². The van der Waals surface area contributed by atoms with Gasteiger partial charge in [-0.1, -0.05) is 0 Å². The summed E-state index contributed by atoms with van der Waals surface area (Å²) in [5.41, 5.74) is 0. The molecule has 0 rings (SSSR count). The molecule has 0 aliphatic carbocycles. The molecule has 0 saturated heterocycles. The van der Waals surface area contributed by atoms with E-state index in [1.165, 1.54) is 0 Å². The molecular weight excluding hydrogens is 2110 g/mol. The first-order valence-electron chi connectivity index (χ1n) is 8.49. The van der Waals surface area contributed by atoms with Crippen molar-refractivity contribution in [1.82, 2.24) is 0 Å². The van der Waals surface area contributed by atoms with Gasteiger partial charge in [-0.05, 0) is 0 Å². The molecule has 0 aromatic carbocycles. The molecule has 0 fully saturated rings. The topological polar surface area (TPSA) is 830 Å². The van der Waals surface area contributed by atoms with Gasteiger partial charge >= 0.3 is 1850 Å². The monoisotopic (exact) mass is 2110 g/mol. The zero-order valence-corrected chi connectivity index (χ0v) is 170. The van der Waals surface area contributed by atoms with E-state index in [4.69, 9.17) is 181 Å². The van der Waals surface area contributed by atoms with E-state index >= 15 is 0 Å². The fourth-order valence-electron chi connectivity index (χ4n) is 0. The second kappa shape index (κ2) is 313. The quantitative estimate of drug-likeness (QED) is 0.203. The Hall–Kier alpha value is 58.2. The van der Waals surface area contributed by atoms with Crippen LogP contribution in [0.2, 0.25) is 0 Å². The van der Waals surface area contributed by atoms with Gasteiger partial charge in [0, 0.05) is 0 Å². The van der Waals surface area contributed by atoms with Gasteiger partial charge in [0.05, 0.1) is 0 Å². The van der Waals surface area contributed by atoms with Crippen LogP contribution in [0, 0.1) is 0 Å². The van der Waals surface area contributed by atoms with Gasteiger partial charge in [-0.2, -0.15) is 0 Å². The Morgan fingerprint density at radius 2 is 0.0595 bits per heavy atom. The first kappa shape index (κ1) is 319. The number of hydrogen-bond acceptors (Lipinski definition) is 36. The summed E-state index contributed by atoms with van der Waals surface area (Å²) in [5.74, 6) is 0. The number of hydrogen-bond donors (Lipinski definition) is 0. The molecule has 0 amide bonds. The summed E-state index contributed by atoms with van der Waals surface area (Å²) < 4.78 is 0. The van der Waals surface area contributed by atoms with Crippen LogP contribution in [-0.2, 0) is 0 Å².